The molecule has 102 valence electrons. The number of fused-ring (bicyclic) bond motifs is 1. The van der Waals surface area contributed by atoms with E-state index in [0.29, 0.717) is 5.78 Å². The maximum Gasteiger partial charge on any atom is 0.274 e. The van der Waals surface area contributed by atoms with Crippen LogP contribution in [-0.2, 0) is 19.3 Å². The molecule has 1 aromatic carbocycles. The first-order valence-electron chi connectivity index (χ1n) is 6.76. The highest BCUT2D eigenvalue weighted by molar-refractivity contribution is 5.27. The van der Waals surface area contributed by atoms with Crippen LogP contribution < -0.4 is 5.56 Å². The molecule has 0 atom stereocenters. The first kappa shape index (κ1) is 12.6. The number of rotatable bonds is 4. The molecular weight excluding hydrogens is 252 g/mol. The van der Waals surface area contributed by atoms with Crippen molar-refractivity contribution in [3.63, 3.8) is 0 Å². The number of hydrogen-bond donors (Lipinski definition) is 1. The number of aromatic nitrogens is 4. The molecule has 0 saturated carbocycles. The minimum atomic E-state index is -0.121. The molecule has 0 radical (unpaired) electrons. The average molecular weight is 268 g/mol. The second-order valence-electron chi connectivity index (χ2n) is 4.78. The largest absolute Gasteiger partial charge is 0.278 e. The Morgan fingerprint density at radius 1 is 1.15 bits per heavy atom. The quantitative estimate of drug-likeness (QED) is 0.784. The van der Waals surface area contributed by atoms with E-state index < -0.39 is 0 Å². The summed E-state index contributed by atoms with van der Waals surface area (Å²) in [6.45, 7) is 2.14. The zero-order valence-electron chi connectivity index (χ0n) is 11.3. The maximum absolute atomic E-state index is 11.8. The predicted molar refractivity (Wildman–Crippen MR) is 76.8 cm³/mol. The molecular formula is C15H16N4O. The first-order chi connectivity index (χ1) is 9.76. The van der Waals surface area contributed by atoms with E-state index in [1.807, 2.05) is 0 Å². The monoisotopic (exact) mass is 268 g/mol. The van der Waals surface area contributed by atoms with Crippen LogP contribution in [0.5, 0.6) is 0 Å². The number of hydrogen-bond acceptors (Lipinski definition) is 3. The summed E-state index contributed by atoms with van der Waals surface area (Å²) in [4.78, 5) is 20.2. The van der Waals surface area contributed by atoms with Crippen LogP contribution in [0.3, 0.4) is 0 Å². The smallest absolute Gasteiger partial charge is 0.274 e. The van der Waals surface area contributed by atoms with Gasteiger partial charge < -0.3 is 0 Å². The molecule has 0 amide bonds. The van der Waals surface area contributed by atoms with Gasteiger partial charge in [0.2, 0.25) is 0 Å². The van der Waals surface area contributed by atoms with Crippen molar-refractivity contribution in [2.75, 3.05) is 0 Å². The number of nitrogens with zero attached hydrogens (tertiary/aromatic N) is 3. The molecule has 0 fully saturated rings. The average Bonchev–Trinajstić information content (AvgIpc) is 2.94. The molecule has 5 heteroatoms. The van der Waals surface area contributed by atoms with Crippen LogP contribution in [0, 0.1) is 0 Å². The molecule has 2 heterocycles. The van der Waals surface area contributed by atoms with Crippen molar-refractivity contribution in [1.82, 2.24) is 19.6 Å². The topological polar surface area (TPSA) is 63.0 Å². The second-order valence-corrected chi connectivity index (χ2v) is 4.78. The molecule has 0 saturated heterocycles. The van der Waals surface area contributed by atoms with Crippen LogP contribution >= 0.6 is 0 Å². The Morgan fingerprint density at radius 3 is 2.65 bits per heavy atom. The van der Waals surface area contributed by atoms with Gasteiger partial charge in [0.1, 0.15) is 6.33 Å². The lowest BCUT2D eigenvalue weighted by atomic mass is 10.1. The zero-order chi connectivity index (χ0) is 13.9. The Kier molecular flexibility index (Phi) is 3.33. The fourth-order valence-electron chi connectivity index (χ4n) is 2.21. The van der Waals surface area contributed by atoms with Gasteiger partial charge >= 0.3 is 0 Å². The second kappa shape index (κ2) is 5.28. The van der Waals surface area contributed by atoms with E-state index >= 15 is 0 Å². The van der Waals surface area contributed by atoms with E-state index in [9.17, 15) is 4.79 Å². The van der Waals surface area contributed by atoms with Gasteiger partial charge in [-0.1, -0.05) is 31.2 Å². The zero-order valence-corrected chi connectivity index (χ0v) is 11.3. The number of aromatic amines is 1. The normalized spacial score (nSPS) is 11.1. The van der Waals surface area contributed by atoms with Crippen LogP contribution in [0.25, 0.3) is 5.78 Å². The summed E-state index contributed by atoms with van der Waals surface area (Å²) in [6.07, 6.45) is 4.13. The van der Waals surface area contributed by atoms with Crippen molar-refractivity contribution in [1.29, 1.82) is 0 Å². The van der Waals surface area contributed by atoms with Crippen molar-refractivity contribution in [2.24, 2.45) is 0 Å². The summed E-state index contributed by atoms with van der Waals surface area (Å²) in [5.74, 6) is 0.425. The van der Waals surface area contributed by atoms with E-state index in [1.165, 1.54) is 22.0 Å². The minimum Gasteiger partial charge on any atom is -0.278 e. The maximum atomic E-state index is 11.8. The number of aryl methyl sites for hydroxylation is 3. The lowest BCUT2D eigenvalue weighted by Gasteiger charge is -2.03. The molecule has 0 spiro atoms. The third-order valence-corrected chi connectivity index (χ3v) is 3.42. The Bertz CT molecular complexity index is 770. The fraction of sp³-hybridized carbons (Fsp3) is 0.267. The van der Waals surface area contributed by atoms with Crippen molar-refractivity contribution in [3.8, 4) is 0 Å². The van der Waals surface area contributed by atoms with Gasteiger partial charge in [0, 0.05) is 6.07 Å². The van der Waals surface area contributed by atoms with Gasteiger partial charge in [0.15, 0.2) is 0 Å². The van der Waals surface area contributed by atoms with Crippen molar-refractivity contribution < 1.29 is 0 Å². The molecule has 5 nitrogen and oxygen atoms in total. The van der Waals surface area contributed by atoms with Crippen molar-refractivity contribution >= 4 is 5.78 Å². The fourth-order valence-corrected chi connectivity index (χ4v) is 2.21. The van der Waals surface area contributed by atoms with E-state index in [2.05, 4.69) is 46.3 Å². The van der Waals surface area contributed by atoms with Gasteiger partial charge in [0.05, 0.1) is 5.69 Å². The highest BCUT2D eigenvalue weighted by Gasteiger charge is 2.04. The number of H-pyrrole nitrogens is 1. The van der Waals surface area contributed by atoms with E-state index in [1.54, 1.807) is 6.07 Å². The van der Waals surface area contributed by atoms with Crippen LogP contribution in [0.15, 0.2) is 41.5 Å². The molecule has 3 aromatic rings. The van der Waals surface area contributed by atoms with E-state index in [4.69, 9.17) is 0 Å². The summed E-state index contributed by atoms with van der Waals surface area (Å²) < 4.78 is 1.33. The summed E-state index contributed by atoms with van der Waals surface area (Å²) in [6, 6.07) is 10.1. The molecule has 0 aliphatic rings. The van der Waals surface area contributed by atoms with Crippen molar-refractivity contribution in [2.45, 2.75) is 26.2 Å². The van der Waals surface area contributed by atoms with Crippen molar-refractivity contribution in [3.05, 3.63) is 63.8 Å². The van der Waals surface area contributed by atoms with Gasteiger partial charge in [-0.05, 0) is 30.4 Å². The number of benzene rings is 1. The van der Waals surface area contributed by atoms with Gasteiger partial charge in [-0.15, -0.1) is 0 Å². The SMILES string of the molecule is CCc1ccc(CCc2cc(=O)n3[nH]cnc3n2)cc1. The lowest BCUT2D eigenvalue weighted by molar-refractivity contribution is 0.850. The molecule has 0 aliphatic heterocycles. The first-order valence-corrected chi connectivity index (χ1v) is 6.76. The molecule has 1 N–H and O–H groups in total. The highest BCUT2D eigenvalue weighted by atomic mass is 16.1. The third-order valence-electron chi connectivity index (χ3n) is 3.42. The van der Waals surface area contributed by atoms with Gasteiger partial charge in [-0.25, -0.2) is 9.97 Å². The van der Waals surface area contributed by atoms with Gasteiger partial charge in [0.25, 0.3) is 11.3 Å². The molecule has 2 aromatic heterocycles. The molecule has 3 rings (SSSR count). The van der Waals surface area contributed by atoms with Crippen LogP contribution in [0.1, 0.15) is 23.7 Å². The highest BCUT2D eigenvalue weighted by Crippen LogP contribution is 2.08. The van der Waals surface area contributed by atoms with Crippen LogP contribution in [-0.4, -0.2) is 19.6 Å². The standard InChI is InChI=1S/C15H16N4O/c1-2-11-3-5-12(6-4-11)7-8-13-9-14(20)19-15(18-13)16-10-17-19/h3-6,9-10H,2,7-8H2,1H3,(H,16,17,18). The predicted octanol–water partition coefficient (Wildman–Crippen LogP) is 1.77. The Balaban J connectivity index is 1.77. The Labute approximate surface area is 116 Å². The third kappa shape index (κ3) is 2.47. The molecule has 0 aliphatic carbocycles. The van der Waals surface area contributed by atoms with Crippen LogP contribution in [0.4, 0.5) is 0 Å². The molecule has 0 unspecified atom stereocenters. The molecule has 0 bridgehead atoms. The number of nitrogens with one attached hydrogen (secondary N) is 1. The van der Waals surface area contributed by atoms with E-state index in [-0.39, 0.29) is 5.56 Å². The van der Waals surface area contributed by atoms with Crippen LogP contribution in [0.2, 0.25) is 0 Å². The summed E-state index contributed by atoms with van der Waals surface area (Å²) in [5, 5.41) is 2.73. The minimum absolute atomic E-state index is 0.121. The summed E-state index contributed by atoms with van der Waals surface area (Å²) in [7, 11) is 0. The van der Waals surface area contributed by atoms with E-state index in [0.717, 1.165) is 25.0 Å². The lowest BCUT2D eigenvalue weighted by Crippen LogP contribution is -2.16. The molecule has 20 heavy (non-hydrogen) atoms. The van der Waals surface area contributed by atoms with Gasteiger partial charge in [-0.2, -0.15) is 4.52 Å². The van der Waals surface area contributed by atoms with Gasteiger partial charge in [-0.3, -0.25) is 9.89 Å². The Morgan fingerprint density at radius 2 is 1.90 bits per heavy atom. The Hall–Kier alpha value is -2.43. The summed E-state index contributed by atoms with van der Waals surface area (Å²) in [5.41, 5.74) is 3.25. The summed E-state index contributed by atoms with van der Waals surface area (Å²) >= 11 is 0.